The molecule has 0 aromatic rings. The Kier molecular flexibility index (Phi) is 3.96. The molecule has 0 saturated heterocycles. The summed E-state index contributed by atoms with van der Waals surface area (Å²) in [4.78, 5) is 0. The van der Waals surface area contributed by atoms with E-state index in [1.54, 1.807) is 0 Å². The van der Waals surface area contributed by atoms with E-state index in [0.29, 0.717) is 17.8 Å². The van der Waals surface area contributed by atoms with Crippen molar-refractivity contribution in [2.24, 2.45) is 27.8 Å². The summed E-state index contributed by atoms with van der Waals surface area (Å²) in [7, 11) is 0. The number of hydrogen-bond donors (Lipinski definition) is 2. The van der Waals surface area contributed by atoms with E-state index in [2.05, 4.69) is 25.9 Å². The molecule has 4 unspecified atom stereocenters. The van der Waals surface area contributed by atoms with Gasteiger partial charge in [-0.25, -0.2) is 0 Å². The molecule has 3 nitrogen and oxygen atoms in total. The molecule has 0 bridgehead atoms. The zero-order valence-corrected chi connectivity index (χ0v) is 13.7. The van der Waals surface area contributed by atoms with E-state index in [1.807, 2.05) is 13.8 Å². The number of aliphatic hydroxyl groups is 1. The smallest absolute Gasteiger partial charge is 0.0656 e. The molecule has 0 heterocycles. The van der Waals surface area contributed by atoms with Gasteiger partial charge in [0.05, 0.1) is 11.3 Å². The Bertz CT molecular complexity index is 400. The van der Waals surface area contributed by atoms with Crippen molar-refractivity contribution < 1.29 is 10.3 Å². The average Bonchev–Trinajstić information content (AvgIpc) is 2.32. The van der Waals surface area contributed by atoms with Crippen LogP contribution in [0.5, 0.6) is 0 Å². The van der Waals surface area contributed by atoms with E-state index in [4.69, 9.17) is 5.21 Å². The number of hydrogen-bond acceptors (Lipinski definition) is 3. The number of nitrogens with zero attached hydrogens (tertiary/aromatic N) is 1. The van der Waals surface area contributed by atoms with E-state index in [9.17, 15) is 5.11 Å². The van der Waals surface area contributed by atoms with Crippen LogP contribution in [0.1, 0.15) is 73.1 Å². The number of fused-ring (bicyclic) bond motifs is 1. The van der Waals surface area contributed by atoms with Crippen LogP contribution in [0, 0.1) is 22.7 Å². The minimum Gasteiger partial charge on any atom is -0.411 e. The lowest BCUT2D eigenvalue weighted by atomic mass is 9.45. The number of oxime groups is 1. The van der Waals surface area contributed by atoms with E-state index in [1.165, 1.54) is 19.3 Å². The van der Waals surface area contributed by atoms with Crippen molar-refractivity contribution in [3.8, 4) is 0 Å². The van der Waals surface area contributed by atoms with Crippen LogP contribution in [0.3, 0.4) is 0 Å². The Balaban J connectivity index is 2.38. The fourth-order valence-electron chi connectivity index (χ4n) is 5.41. The molecule has 2 rings (SSSR count). The van der Waals surface area contributed by atoms with Gasteiger partial charge in [-0.2, -0.15) is 0 Å². The van der Waals surface area contributed by atoms with Crippen molar-refractivity contribution >= 4 is 5.71 Å². The first-order chi connectivity index (χ1) is 9.13. The van der Waals surface area contributed by atoms with Crippen LogP contribution in [-0.4, -0.2) is 21.6 Å². The summed E-state index contributed by atoms with van der Waals surface area (Å²) in [5, 5.41) is 23.3. The van der Waals surface area contributed by atoms with Crippen molar-refractivity contribution in [3.63, 3.8) is 0 Å². The highest BCUT2D eigenvalue weighted by atomic mass is 16.4. The van der Waals surface area contributed by atoms with Gasteiger partial charge in [0.2, 0.25) is 0 Å². The fourth-order valence-corrected chi connectivity index (χ4v) is 5.41. The van der Waals surface area contributed by atoms with Crippen LogP contribution in [0.2, 0.25) is 0 Å². The average molecular weight is 281 g/mol. The Morgan fingerprint density at radius 2 is 1.80 bits per heavy atom. The minimum absolute atomic E-state index is 0.148. The summed E-state index contributed by atoms with van der Waals surface area (Å²) >= 11 is 0. The second kappa shape index (κ2) is 5.01. The Hall–Kier alpha value is -0.570. The molecule has 20 heavy (non-hydrogen) atoms. The highest BCUT2D eigenvalue weighted by Crippen LogP contribution is 2.62. The molecule has 0 amide bonds. The van der Waals surface area contributed by atoms with Crippen LogP contribution in [0.4, 0.5) is 0 Å². The predicted octanol–water partition coefficient (Wildman–Crippen LogP) is 4.22. The van der Waals surface area contributed by atoms with E-state index in [0.717, 1.165) is 18.6 Å². The quantitative estimate of drug-likeness (QED) is 0.452. The van der Waals surface area contributed by atoms with Gasteiger partial charge in [-0.15, -0.1) is 0 Å². The summed E-state index contributed by atoms with van der Waals surface area (Å²) in [6, 6.07) is 0. The first kappa shape index (κ1) is 15.8. The fraction of sp³-hybridized carbons (Fsp3) is 0.941. The van der Waals surface area contributed by atoms with Gasteiger partial charge >= 0.3 is 0 Å². The summed E-state index contributed by atoms with van der Waals surface area (Å²) in [6.07, 6.45) is 6.38. The van der Waals surface area contributed by atoms with Crippen molar-refractivity contribution in [3.05, 3.63) is 0 Å². The van der Waals surface area contributed by atoms with Crippen LogP contribution in [0.15, 0.2) is 5.16 Å². The van der Waals surface area contributed by atoms with Crippen LogP contribution >= 0.6 is 0 Å². The molecule has 4 atom stereocenters. The highest BCUT2D eigenvalue weighted by molar-refractivity contribution is 5.81. The zero-order valence-electron chi connectivity index (χ0n) is 13.7. The second-order valence-electron chi connectivity index (χ2n) is 8.39. The Morgan fingerprint density at radius 3 is 2.40 bits per heavy atom. The van der Waals surface area contributed by atoms with Gasteiger partial charge < -0.3 is 10.3 Å². The first-order valence-electron chi connectivity index (χ1n) is 8.03. The molecule has 0 aromatic heterocycles. The molecule has 2 saturated carbocycles. The molecular formula is C17H31NO2. The van der Waals surface area contributed by atoms with Gasteiger partial charge in [-0.1, -0.05) is 32.3 Å². The molecule has 0 aliphatic heterocycles. The SMILES string of the molecule is CC(CC1C(C)(O)CCC2C(C)(C)CCCC21C)=NO. The van der Waals surface area contributed by atoms with Crippen LogP contribution < -0.4 is 0 Å². The third-order valence-corrected chi connectivity index (χ3v) is 6.43. The molecule has 0 radical (unpaired) electrons. The molecule has 0 aromatic carbocycles. The third kappa shape index (κ3) is 2.49. The maximum Gasteiger partial charge on any atom is 0.0656 e. The molecule has 2 aliphatic carbocycles. The van der Waals surface area contributed by atoms with Crippen molar-refractivity contribution in [1.82, 2.24) is 0 Å². The van der Waals surface area contributed by atoms with Crippen molar-refractivity contribution in [2.75, 3.05) is 0 Å². The van der Waals surface area contributed by atoms with Crippen LogP contribution in [-0.2, 0) is 0 Å². The van der Waals surface area contributed by atoms with Crippen LogP contribution in [0.25, 0.3) is 0 Å². The third-order valence-electron chi connectivity index (χ3n) is 6.43. The Labute approximate surface area is 123 Å². The molecule has 2 aliphatic rings. The maximum absolute atomic E-state index is 10.9. The lowest BCUT2D eigenvalue weighted by molar-refractivity contribution is -0.164. The van der Waals surface area contributed by atoms with Crippen molar-refractivity contribution in [2.45, 2.75) is 78.7 Å². The molecule has 2 fully saturated rings. The largest absolute Gasteiger partial charge is 0.411 e. The monoisotopic (exact) mass is 281 g/mol. The Morgan fingerprint density at radius 1 is 1.15 bits per heavy atom. The summed E-state index contributed by atoms with van der Waals surface area (Å²) in [5.41, 5.74) is 0.590. The minimum atomic E-state index is -0.648. The molecule has 0 spiro atoms. The van der Waals surface area contributed by atoms with E-state index in [-0.39, 0.29) is 11.3 Å². The lowest BCUT2D eigenvalue weighted by Crippen LogP contribution is -2.57. The highest BCUT2D eigenvalue weighted by Gasteiger charge is 2.57. The normalized spacial score (nSPS) is 45.0. The van der Waals surface area contributed by atoms with E-state index >= 15 is 0 Å². The standard InChI is InChI=1S/C17H31NO2/c1-12(18-20)11-14-16(4)9-6-8-15(2,3)13(16)7-10-17(14,5)19/h13-14,19-20H,6-11H2,1-5H3. The maximum atomic E-state index is 10.9. The zero-order chi connectivity index (χ0) is 15.2. The van der Waals surface area contributed by atoms with Gasteiger partial charge in [0.15, 0.2) is 0 Å². The predicted molar refractivity (Wildman–Crippen MR) is 82.1 cm³/mol. The molecule has 3 heteroatoms. The van der Waals surface area contributed by atoms with Gasteiger partial charge in [0.1, 0.15) is 0 Å². The van der Waals surface area contributed by atoms with Crippen molar-refractivity contribution in [1.29, 1.82) is 0 Å². The topological polar surface area (TPSA) is 52.8 Å². The molecule has 116 valence electrons. The number of rotatable bonds is 2. The molecular weight excluding hydrogens is 250 g/mol. The summed E-state index contributed by atoms with van der Waals surface area (Å²) < 4.78 is 0. The first-order valence-corrected chi connectivity index (χ1v) is 8.03. The van der Waals surface area contributed by atoms with E-state index < -0.39 is 5.60 Å². The van der Waals surface area contributed by atoms with Gasteiger partial charge in [-0.3, -0.25) is 0 Å². The molecule has 2 N–H and O–H groups in total. The van der Waals surface area contributed by atoms with Gasteiger partial charge in [0.25, 0.3) is 0 Å². The van der Waals surface area contributed by atoms with Gasteiger partial charge in [-0.05, 0) is 68.6 Å². The summed E-state index contributed by atoms with van der Waals surface area (Å²) in [5.74, 6) is 0.838. The van der Waals surface area contributed by atoms with Gasteiger partial charge in [0, 0.05) is 0 Å². The summed E-state index contributed by atoms with van der Waals surface area (Å²) in [6.45, 7) is 11.0. The second-order valence-corrected chi connectivity index (χ2v) is 8.39. The lowest BCUT2D eigenvalue weighted by Gasteiger charge is -2.61.